The zero-order valence-electron chi connectivity index (χ0n) is 18.0. The number of benzene rings is 2. The Labute approximate surface area is 184 Å². The molecule has 0 aromatic heterocycles. The Morgan fingerprint density at radius 1 is 1.00 bits per heavy atom. The lowest BCUT2D eigenvalue weighted by Gasteiger charge is -2.25. The van der Waals surface area contributed by atoms with E-state index in [-0.39, 0.29) is 22.4 Å². The summed E-state index contributed by atoms with van der Waals surface area (Å²) in [5, 5.41) is 0. The lowest BCUT2D eigenvalue weighted by molar-refractivity contribution is 0.298. The third kappa shape index (κ3) is 5.45. The van der Waals surface area contributed by atoms with Crippen molar-refractivity contribution < 1.29 is 21.6 Å². The summed E-state index contributed by atoms with van der Waals surface area (Å²) < 4.78 is 60.2. The fourth-order valence-corrected chi connectivity index (χ4v) is 6.14. The van der Waals surface area contributed by atoms with Crippen LogP contribution >= 0.6 is 0 Å². The van der Waals surface area contributed by atoms with Crippen LogP contribution in [0.3, 0.4) is 0 Å². The standard InChI is InChI=1S/C21H29N3O5S2/c1-23(2)21(17-7-6-8-18(15-17)29-3)16-22-30(25,26)19-9-11-20(12-10-19)31(27,28)24-13-4-5-14-24/h6-12,15,21-22H,4-5,13-14,16H2,1-3H3. The van der Waals surface area contributed by atoms with Crippen LogP contribution in [0.4, 0.5) is 0 Å². The molecular formula is C21H29N3O5S2. The second-order valence-corrected chi connectivity index (χ2v) is 11.4. The summed E-state index contributed by atoms with van der Waals surface area (Å²) in [5.74, 6) is 0.696. The predicted molar refractivity (Wildman–Crippen MR) is 119 cm³/mol. The van der Waals surface area contributed by atoms with E-state index in [2.05, 4.69) is 4.72 Å². The highest BCUT2D eigenvalue weighted by Crippen LogP contribution is 2.24. The SMILES string of the molecule is COc1cccc(C(CNS(=O)(=O)c2ccc(S(=O)(=O)N3CCCC3)cc2)N(C)C)c1. The normalized spacial score (nSPS) is 16.5. The van der Waals surface area contributed by atoms with Gasteiger partial charge in [0.1, 0.15) is 5.75 Å². The van der Waals surface area contributed by atoms with Gasteiger partial charge in [-0.25, -0.2) is 21.6 Å². The van der Waals surface area contributed by atoms with E-state index in [1.807, 2.05) is 43.3 Å². The molecule has 170 valence electrons. The molecule has 0 radical (unpaired) electrons. The van der Waals surface area contributed by atoms with E-state index in [0.29, 0.717) is 18.8 Å². The summed E-state index contributed by atoms with van der Waals surface area (Å²) in [7, 11) is -2.06. The summed E-state index contributed by atoms with van der Waals surface area (Å²) in [6.45, 7) is 1.15. The quantitative estimate of drug-likeness (QED) is 0.607. The number of nitrogens with zero attached hydrogens (tertiary/aromatic N) is 2. The largest absolute Gasteiger partial charge is 0.497 e. The van der Waals surface area contributed by atoms with Gasteiger partial charge in [-0.1, -0.05) is 12.1 Å². The average Bonchev–Trinajstić information content (AvgIpc) is 3.30. The number of rotatable bonds is 9. The van der Waals surface area contributed by atoms with Crippen molar-refractivity contribution in [2.75, 3.05) is 40.8 Å². The van der Waals surface area contributed by atoms with E-state index in [0.717, 1.165) is 18.4 Å². The fraction of sp³-hybridized carbons (Fsp3) is 0.429. The molecule has 8 nitrogen and oxygen atoms in total. The molecule has 31 heavy (non-hydrogen) atoms. The molecule has 0 amide bonds. The van der Waals surface area contributed by atoms with Gasteiger partial charge in [-0.3, -0.25) is 0 Å². The van der Waals surface area contributed by atoms with Crippen LogP contribution < -0.4 is 9.46 Å². The number of ether oxygens (including phenoxy) is 1. The number of nitrogens with one attached hydrogen (secondary N) is 1. The van der Waals surface area contributed by atoms with Gasteiger partial charge < -0.3 is 9.64 Å². The van der Waals surface area contributed by atoms with Gasteiger partial charge in [0.2, 0.25) is 20.0 Å². The number of methoxy groups -OCH3 is 1. The molecule has 3 rings (SSSR count). The van der Waals surface area contributed by atoms with Crippen molar-refractivity contribution in [3.8, 4) is 5.75 Å². The smallest absolute Gasteiger partial charge is 0.243 e. The predicted octanol–water partition coefficient (Wildman–Crippen LogP) is 2.06. The van der Waals surface area contributed by atoms with Gasteiger partial charge in [-0.15, -0.1) is 0 Å². The van der Waals surface area contributed by atoms with Gasteiger partial charge in [0.05, 0.1) is 16.9 Å². The monoisotopic (exact) mass is 467 g/mol. The van der Waals surface area contributed by atoms with Crippen molar-refractivity contribution >= 4 is 20.0 Å². The molecule has 1 atom stereocenters. The van der Waals surface area contributed by atoms with Crippen LogP contribution in [0.2, 0.25) is 0 Å². The Morgan fingerprint density at radius 2 is 1.61 bits per heavy atom. The molecule has 1 heterocycles. The Balaban J connectivity index is 1.75. The highest BCUT2D eigenvalue weighted by Gasteiger charge is 2.28. The fourth-order valence-electron chi connectivity index (χ4n) is 3.59. The van der Waals surface area contributed by atoms with Crippen LogP contribution in [0.5, 0.6) is 5.75 Å². The maximum atomic E-state index is 12.8. The zero-order chi connectivity index (χ0) is 22.6. The van der Waals surface area contributed by atoms with Gasteiger partial charge in [0, 0.05) is 25.7 Å². The first kappa shape index (κ1) is 23.7. The Morgan fingerprint density at radius 3 is 2.19 bits per heavy atom. The van der Waals surface area contributed by atoms with Crippen LogP contribution in [0, 0.1) is 0 Å². The number of likely N-dealkylation sites (N-methyl/N-ethyl adjacent to an activating group) is 1. The zero-order valence-corrected chi connectivity index (χ0v) is 19.6. The highest BCUT2D eigenvalue weighted by molar-refractivity contribution is 7.89. The summed E-state index contributed by atoms with van der Waals surface area (Å²) >= 11 is 0. The molecule has 0 bridgehead atoms. The molecule has 1 aliphatic rings. The minimum atomic E-state index is -3.81. The first-order chi connectivity index (χ1) is 14.6. The van der Waals surface area contributed by atoms with E-state index in [1.54, 1.807) is 7.11 Å². The first-order valence-electron chi connectivity index (χ1n) is 10.1. The van der Waals surface area contributed by atoms with E-state index >= 15 is 0 Å². The molecule has 0 saturated carbocycles. The number of sulfonamides is 2. The molecule has 2 aromatic carbocycles. The number of hydrogen-bond donors (Lipinski definition) is 1. The second kappa shape index (κ2) is 9.66. The number of hydrogen-bond acceptors (Lipinski definition) is 6. The molecule has 1 fully saturated rings. The van der Waals surface area contributed by atoms with Crippen molar-refractivity contribution in [2.24, 2.45) is 0 Å². The Kier molecular flexibility index (Phi) is 7.38. The van der Waals surface area contributed by atoms with Crippen LogP contribution in [0.25, 0.3) is 0 Å². The molecular weight excluding hydrogens is 438 g/mol. The molecule has 0 aliphatic carbocycles. The van der Waals surface area contributed by atoms with Gasteiger partial charge in [-0.05, 0) is 68.9 Å². The van der Waals surface area contributed by atoms with Crippen molar-refractivity contribution in [3.05, 3.63) is 54.1 Å². The molecule has 1 aliphatic heterocycles. The third-order valence-corrected chi connectivity index (χ3v) is 8.76. The minimum absolute atomic E-state index is 0.0241. The molecule has 1 N–H and O–H groups in total. The van der Waals surface area contributed by atoms with E-state index < -0.39 is 20.0 Å². The average molecular weight is 468 g/mol. The van der Waals surface area contributed by atoms with Crippen LogP contribution in [-0.2, 0) is 20.0 Å². The maximum Gasteiger partial charge on any atom is 0.243 e. The van der Waals surface area contributed by atoms with Crippen molar-refractivity contribution in [3.63, 3.8) is 0 Å². The summed E-state index contributed by atoms with van der Waals surface area (Å²) in [6.07, 6.45) is 1.69. The molecule has 2 aromatic rings. The molecule has 0 spiro atoms. The van der Waals surface area contributed by atoms with Gasteiger partial charge in [0.25, 0.3) is 0 Å². The Bertz CT molecular complexity index is 1090. The van der Waals surface area contributed by atoms with Crippen molar-refractivity contribution in [2.45, 2.75) is 28.7 Å². The third-order valence-electron chi connectivity index (χ3n) is 5.41. The van der Waals surface area contributed by atoms with E-state index in [9.17, 15) is 16.8 Å². The maximum absolute atomic E-state index is 12.8. The van der Waals surface area contributed by atoms with Crippen molar-refractivity contribution in [1.29, 1.82) is 0 Å². The van der Waals surface area contributed by atoms with Crippen LogP contribution in [0.1, 0.15) is 24.4 Å². The van der Waals surface area contributed by atoms with E-state index in [4.69, 9.17) is 4.74 Å². The molecule has 1 saturated heterocycles. The topological polar surface area (TPSA) is 96.0 Å². The van der Waals surface area contributed by atoms with Gasteiger partial charge in [0.15, 0.2) is 0 Å². The molecule has 1 unspecified atom stereocenters. The summed E-state index contributed by atoms with van der Waals surface area (Å²) in [6, 6.07) is 12.7. The second-order valence-electron chi connectivity index (χ2n) is 7.69. The Hall–Kier alpha value is -1.98. The minimum Gasteiger partial charge on any atom is -0.497 e. The molecule has 10 heteroatoms. The summed E-state index contributed by atoms with van der Waals surface area (Å²) in [5.41, 5.74) is 0.916. The van der Waals surface area contributed by atoms with Crippen molar-refractivity contribution in [1.82, 2.24) is 13.9 Å². The lowest BCUT2D eigenvalue weighted by atomic mass is 10.1. The lowest BCUT2D eigenvalue weighted by Crippen LogP contribution is -2.34. The summed E-state index contributed by atoms with van der Waals surface area (Å²) in [4.78, 5) is 2.05. The van der Waals surface area contributed by atoms with Gasteiger partial charge >= 0.3 is 0 Å². The highest BCUT2D eigenvalue weighted by atomic mass is 32.2. The van der Waals surface area contributed by atoms with Crippen LogP contribution in [-0.4, -0.2) is 66.9 Å². The van der Waals surface area contributed by atoms with Gasteiger partial charge in [-0.2, -0.15) is 4.31 Å². The van der Waals surface area contributed by atoms with Crippen LogP contribution in [0.15, 0.2) is 58.3 Å². The van der Waals surface area contributed by atoms with E-state index in [1.165, 1.54) is 28.6 Å². The first-order valence-corrected chi connectivity index (χ1v) is 13.0.